The molecular formula is C23H24O6S. The van der Waals surface area contributed by atoms with Crippen molar-refractivity contribution in [2.24, 2.45) is 5.92 Å². The molecule has 6 nitrogen and oxygen atoms in total. The lowest BCUT2D eigenvalue weighted by atomic mass is 9.88. The van der Waals surface area contributed by atoms with Crippen LogP contribution in [0.3, 0.4) is 0 Å². The van der Waals surface area contributed by atoms with Gasteiger partial charge in [-0.15, -0.1) is 0 Å². The van der Waals surface area contributed by atoms with Gasteiger partial charge in [0.05, 0.1) is 11.5 Å². The van der Waals surface area contributed by atoms with Gasteiger partial charge in [0.15, 0.2) is 9.84 Å². The van der Waals surface area contributed by atoms with E-state index in [1.165, 1.54) is 12.2 Å². The maximum absolute atomic E-state index is 12.0. The SMILES string of the molecule is CS(=O)(=O)c1ccccc1CCC1=CC(C(=O)O)C(O)(OCc2ccccc2)C=C1. The van der Waals surface area contributed by atoms with Crippen LogP contribution in [0.5, 0.6) is 0 Å². The summed E-state index contributed by atoms with van der Waals surface area (Å²) in [5, 5.41) is 20.4. The van der Waals surface area contributed by atoms with Crippen molar-refractivity contribution in [2.75, 3.05) is 6.26 Å². The molecule has 0 aliphatic heterocycles. The molecular weight excluding hydrogens is 404 g/mol. The Morgan fingerprint density at radius 2 is 1.73 bits per heavy atom. The molecule has 0 aromatic heterocycles. The Bertz CT molecular complexity index is 1070. The van der Waals surface area contributed by atoms with Crippen molar-refractivity contribution in [3.8, 4) is 0 Å². The standard InChI is InChI=1S/C23H24O6S/c1-30(27,28)21-10-6-5-9-19(21)12-11-17-13-14-23(26,20(15-17)22(24)25)29-16-18-7-3-2-4-8-18/h2-10,13-15,20,26H,11-12,16H2,1H3,(H,24,25). The Morgan fingerprint density at radius 3 is 2.40 bits per heavy atom. The van der Waals surface area contributed by atoms with Gasteiger partial charge in [-0.05, 0) is 36.1 Å². The van der Waals surface area contributed by atoms with Crippen molar-refractivity contribution in [1.82, 2.24) is 0 Å². The number of hydrogen-bond donors (Lipinski definition) is 2. The fraction of sp³-hybridized carbons (Fsp3) is 0.261. The van der Waals surface area contributed by atoms with Gasteiger partial charge in [0.25, 0.3) is 0 Å². The average molecular weight is 429 g/mol. The van der Waals surface area contributed by atoms with Gasteiger partial charge in [-0.25, -0.2) is 8.42 Å². The topological polar surface area (TPSA) is 101 Å². The van der Waals surface area contributed by atoms with E-state index in [0.717, 1.165) is 11.8 Å². The molecule has 7 heteroatoms. The average Bonchev–Trinajstić information content (AvgIpc) is 2.72. The van der Waals surface area contributed by atoms with Gasteiger partial charge in [0.1, 0.15) is 5.92 Å². The zero-order chi connectivity index (χ0) is 21.8. The maximum Gasteiger partial charge on any atom is 0.316 e. The number of carboxylic acids is 1. The van der Waals surface area contributed by atoms with Gasteiger partial charge < -0.3 is 14.9 Å². The Morgan fingerprint density at radius 1 is 1.07 bits per heavy atom. The number of allylic oxidation sites excluding steroid dienone is 2. The first kappa shape index (κ1) is 22.0. The lowest BCUT2D eigenvalue weighted by Crippen LogP contribution is -2.43. The van der Waals surface area contributed by atoms with Crippen molar-refractivity contribution in [3.05, 3.63) is 89.5 Å². The molecule has 2 aromatic carbocycles. The number of ether oxygens (including phenoxy) is 1. The van der Waals surface area contributed by atoms with E-state index in [4.69, 9.17) is 4.74 Å². The number of aliphatic carboxylic acids is 1. The Balaban J connectivity index is 1.74. The monoisotopic (exact) mass is 428 g/mol. The number of sulfone groups is 1. The minimum atomic E-state index is -3.35. The zero-order valence-electron chi connectivity index (χ0n) is 16.6. The van der Waals surface area contributed by atoms with Crippen LogP contribution in [0.2, 0.25) is 0 Å². The third-order valence-corrected chi connectivity index (χ3v) is 6.19. The van der Waals surface area contributed by atoms with Crippen molar-refractivity contribution in [1.29, 1.82) is 0 Å². The summed E-state index contributed by atoms with van der Waals surface area (Å²) in [6.45, 7) is 0.0658. The number of aliphatic hydroxyl groups is 1. The smallest absolute Gasteiger partial charge is 0.316 e. The van der Waals surface area contributed by atoms with Crippen LogP contribution in [0, 0.1) is 5.92 Å². The summed E-state index contributed by atoms with van der Waals surface area (Å²) >= 11 is 0. The highest BCUT2D eigenvalue weighted by Gasteiger charge is 2.41. The van der Waals surface area contributed by atoms with Crippen LogP contribution < -0.4 is 0 Å². The molecule has 1 aliphatic rings. The van der Waals surface area contributed by atoms with E-state index >= 15 is 0 Å². The minimum Gasteiger partial charge on any atom is -0.481 e. The molecule has 2 atom stereocenters. The molecule has 0 spiro atoms. The van der Waals surface area contributed by atoms with E-state index in [1.54, 1.807) is 30.3 Å². The van der Waals surface area contributed by atoms with Crippen molar-refractivity contribution < 1.29 is 28.2 Å². The quantitative estimate of drug-likeness (QED) is 0.627. The molecule has 0 amide bonds. The van der Waals surface area contributed by atoms with E-state index in [1.807, 2.05) is 30.3 Å². The fourth-order valence-electron chi connectivity index (χ4n) is 3.40. The molecule has 158 valence electrons. The maximum atomic E-state index is 12.0. The minimum absolute atomic E-state index is 0.0658. The van der Waals surface area contributed by atoms with Crippen LogP contribution in [0.25, 0.3) is 0 Å². The van der Waals surface area contributed by atoms with Crippen molar-refractivity contribution in [2.45, 2.75) is 30.1 Å². The van der Waals surface area contributed by atoms with Crippen LogP contribution in [0.15, 0.2) is 83.3 Å². The molecule has 2 aromatic rings. The first-order chi connectivity index (χ1) is 14.2. The van der Waals surface area contributed by atoms with Crippen molar-refractivity contribution in [3.63, 3.8) is 0 Å². The van der Waals surface area contributed by atoms with Crippen LogP contribution >= 0.6 is 0 Å². The highest BCUT2D eigenvalue weighted by molar-refractivity contribution is 7.90. The van der Waals surface area contributed by atoms with Gasteiger partial charge in [-0.3, -0.25) is 4.79 Å². The Hall–Kier alpha value is -2.74. The summed E-state index contributed by atoms with van der Waals surface area (Å²) in [5.41, 5.74) is 2.18. The normalized spacial score (nSPS) is 21.3. The Labute approximate surface area is 176 Å². The summed E-state index contributed by atoms with van der Waals surface area (Å²) in [5.74, 6) is -4.44. The molecule has 0 saturated heterocycles. The fourth-order valence-corrected chi connectivity index (χ4v) is 4.37. The van der Waals surface area contributed by atoms with Crippen molar-refractivity contribution >= 4 is 15.8 Å². The predicted molar refractivity (Wildman–Crippen MR) is 112 cm³/mol. The Kier molecular flexibility index (Phi) is 6.55. The van der Waals surface area contributed by atoms with E-state index in [-0.39, 0.29) is 11.5 Å². The molecule has 3 rings (SSSR count). The van der Waals surface area contributed by atoms with E-state index < -0.39 is 27.5 Å². The highest BCUT2D eigenvalue weighted by Crippen LogP contribution is 2.32. The molecule has 0 saturated carbocycles. The molecule has 0 heterocycles. The van der Waals surface area contributed by atoms with E-state index in [2.05, 4.69) is 0 Å². The third kappa shape index (κ3) is 5.24. The summed E-state index contributed by atoms with van der Waals surface area (Å²) in [6, 6.07) is 15.9. The van der Waals surface area contributed by atoms with Gasteiger partial charge in [-0.2, -0.15) is 0 Å². The number of carboxylic acid groups (broad SMARTS) is 1. The second kappa shape index (κ2) is 8.95. The van der Waals surface area contributed by atoms with E-state index in [9.17, 15) is 23.4 Å². The molecule has 0 bridgehead atoms. The first-order valence-electron chi connectivity index (χ1n) is 9.50. The predicted octanol–water partition coefficient (Wildman–Crippen LogP) is 3.13. The summed E-state index contributed by atoms with van der Waals surface area (Å²) in [4.78, 5) is 12.1. The van der Waals surface area contributed by atoms with Crippen LogP contribution in [-0.4, -0.2) is 36.6 Å². The molecule has 30 heavy (non-hydrogen) atoms. The lowest BCUT2D eigenvalue weighted by Gasteiger charge is -2.32. The molecule has 1 aliphatic carbocycles. The molecule has 0 fully saturated rings. The summed E-state index contributed by atoms with van der Waals surface area (Å²) in [7, 11) is -3.35. The second-order valence-electron chi connectivity index (χ2n) is 7.30. The number of aryl methyl sites for hydroxylation is 1. The number of benzene rings is 2. The lowest BCUT2D eigenvalue weighted by molar-refractivity contribution is -0.208. The number of hydrogen-bond acceptors (Lipinski definition) is 5. The van der Waals surface area contributed by atoms with Gasteiger partial charge in [-0.1, -0.05) is 66.3 Å². The largest absolute Gasteiger partial charge is 0.481 e. The van der Waals surface area contributed by atoms with Gasteiger partial charge in [0, 0.05) is 6.26 Å². The summed E-state index contributed by atoms with van der Waals surface area (Å²) < 4.78 is 29.5. The molecule has 0 radical (unpaired) electrons. The third-order valence-electron chi connectivity index (χ3n) is 5.00. The molecule has 2 unspecified atom stereocenters. The van der Waals surface area contributed by atoms with Gasteiger partial charge in [0.2, 0.25) is 5.79 Å². The molecule has 2 N–H and O–H groups in total. The zero-order valence-corrected chi connectivity index (χ0v) is 17.4. The summed E-state index contributed by atoms with van der Waals surface area (Å²) in [6.07, 6.45) is 6.48. The van der Waals surface area contributed by atoms with Gasteiger partial charge >= 0.3 is 5.97 Å². The number of rotatable bonds is 8. The van der Waals surface area contributed by atoms with E-state index in [0.29, 0.717) is 24.0 Å². The second-order valence-corrected chi connectivity index (χ2v) is 9.28. The highest BCUT2D eigenvalue weighted by atomic mass is 32.2. The van der Waals surface area contributed by atoms with Crippen LogP contribution in [0.1, 0.15) is 17.5 Å². The first-order valence-corrected chi connectivity index (χ1v) is 11.4. The van der Waals surface area contributed by atoms with Crippen LogP contribution in [-0.2, 0) is 32.4 Å². The number of carbonyl (C=O) groups is 1. The van der Waals surface area contributed by atoms with Crippen LogP contribution in [0.4, 0.5) is 0 Å².